The highest BCUT2D eigenvalue weighted by atomic mass is 35.5. The average molecular weight is 604 g/mol. The van der Waals surface area contributed by atoms with Crippen LogP contribution in [-0.4, -0.2) is 64.9 Å². The van der Waals surface area contributed by atoms with E-state index < -0.39 is 0 Å². The number of ketones is 1. The second-order valence-electron chi connectivity index (χ2n) is 11.8. The van der Waals surface area contributed by atoms with E-state index in [1.165, 1.54) is 0 Å². The molecule has 1 fully saturated rings. The zero-order chi connectivity index (χ0) is 30.3. The highest BCUT2D eigenvalue weighted by molar-refractivity contribution is 6.29. The molecule has 8 heteroatoms. The zero-order valence-corrected chi connectivity index (χ0v) is 26.2. The number of carbonyl (C=O) groups excluding carboxylic acids is 2. The average Bonchev–Trinajstić information content (AvgIpc) is 3.00. The maximum absolute atomic E-state index is 13.8. The lowest BCUT2D eigenvalue weighted by Gasteiger charge is -2.41. The number of Topliss-reactive ketones (excluding diaryl/α,β-unsaturated/α-hetero) is 1. The molecule has 0 bridgehead atoms. The minimum absolute atomic E-state index is 0.132. The molecule has 2 aliphatic heterocycles. The van der Waals surface area contributed by atoms with Crippen molar-refractivity contribution >= 4 is 23.3 Å². The zero-order valence-electron chi connectivity index (χ0n) is 25.5. The topological polar surface area (TPSA) is 72.0 Å². The molecule has 1 saturated heterocycles. The molecule has 3 heterocycles. The summed E-state index contributed by atoms with van der Waals surface area (Å²) in [4.78, 5) is 35.6. The maximum Gasteiger partial charge on any atom is 0.227 e. The number of hydrogen-bond donors (Lipinski definition) is 0. The second kappa shape index (κ2) is 14.4. The molecule has 5 rings (SSSR count). The van der Waals surface area contributed by atoms with Crippen molar-refractivity contribution < 1.29 is 19.1 Å². The van der Waals surface area contributed by atoms with Crippen LogP contribution in [0, 0.1) is 13.8 Å². The van der Waals surface area contributed by atoms with Gasteiger partial charge < -0.3 is 19.3 Å². The molecular formula is C35H42ClN3O4. The van der Waals surface area contributed by atoms with Crippen molar-refractivity contribution in [2.45, 2.75) is 77.9 Å². The van der Waals surface area contributed by atoms with Gasteiger partial charge in [0, 0.05) is 43.7 Å². The number of nitrogens with zero attached hydrogens (tertiary/aromatic N) is 3. The van der Waals surface area contributed by atoms with Crippen LogP contribution >= 0.6 is 11.6 Å². The molecule has 1 unspecified atom stereocenters. The summed E-state index contributed by atoms with van der Waals surface area (Å²) in [6.07, 6.45) is 4.47. The molecular weight excluding hydrogens is 562 g/mol. The number of piperidine rings is 1. The van der Waals surface area contributed by atoms with Crippen LogP contribution in [0.3, 0.4) is 0 Å². The first-order valence-electron chi connectivity index (χ1n) is 15.4. The summed E-state index contributed by atoms with van der Waals surface area (Å²) in [5, 5.41) is 0.427. The molecule has 1 aromatic heterocycles. The van der Waals surface area contributed by atoms with Gasteiger partial charge in [0.1, 0.15) is 18.4 Å². The van der Waals surface area contributed by atoms with Gasteiger partial charge in [-0.15, -0.1) is 0 Å². The van der Waals surface area contributed by atoms with Crippen molar-refractivity contribution in [3.8, 4) is 11.5 Å². The van der Waals surface area contributed by atoms with Crippen LogP contribution in [0.5, 0.6) is 11.5 Å². The van der Waals surface area contributed by atoms with Crippen LogP contribution in [0.25, 0.3) is 0 Å². The first-order valence-corrected chi connectivity index (χ1v) is 15.8. The second-order valence-corrected chi connectivity index (χ2v) is 12.2. The predicted octanol–water partition coefficient (Wildman–Crippen LogP) is 6.60. The van der Waals surface area contributed by atoms with E-state index in [0.29, 0.717) is 60.8 Å². The molecule has 2 aliphatic rings. The van der Waals surface area contributed by atoms with Crippen LogP contribution in [0.4, 0.5) is 0 Å². The number of hydrogen-bond acceptors (Lipinski definition) is 6. The number of rotatable bonds is 11. The Hall–Kier alpha value is -3.42. The van der Waals surface area contributed by atoms with E-state index in [9.17, 15) is 9.59 Å². The minimum atomic E-state index is 0.132. The molecule has 0 spiro atoms. The molecule has 0 aliphatic carbocycles. The normalized spacial score (nSPS) is 16.1. The summed E-state index contributed by atoms with van der Waals surface area (Å²) in [5.74, 6) is 1.72. The minimum Gasteiger partial charge on any atom is -0.486 e. The number of aromatic nitrogens is 1. The fraction of sp³-hybridized carbons (Fsp3) is 0.457. The monoisotopic (exact) mass is 603 g/mol. The van der Waals surface area contributed by atoms with E-state index >= 15 is 0 Å². The van der Waals surface area contributed by atoms with Crippen molar-refractivity contribution in [3.05, 3.63) is 87.7 Å². The summed E-state index contributed by atoms with van der Waals surface area (Å²) >= 11 is 6.05. The third-order valence-corrected chi connectivity index (χ3v) is 8.91. The van der Waals surface area contributed by atoms with Gasteiger partial charge in [-0.1, -0.05) is 48.0 Å². The Morgan fingerprint density at radius 1 is 1.00 bits per heavy atom. The number of benzene rings is 2. The lowest BCUT2D eigenvalue weighted by molar-refractivity contribution is -0.134. The standard InChI is InChI=1S/C35H42ClN3O4/c1-24-20-33(36)37-26(3)35(24)30(40)11-7-8-25(2)38-16-14-29(15-17-38)39(23-27-9-5-4-6-10-27)34(41)22-28-12-13-31-32(21-28)43-19-18-42-31/h4-6,9-10,12-13,20-21,25,29H,7-8,11,14-19,22-23H2,1-3H3. The number of amides is 1. The van der Waals surface area contributed by atoms with Crippen molar-refractivity contribution in [3.63, 3.8) is 0 Å². The van der Waals surface area contributed by atoms with Crippen molar-refractivity contribution in [1.82, 2.24) is 14.8 Å². The summed E-state index contributed by atoms with van der Waals surface area (Å²) < 4.78 is 11.4. The molecule has 2 aromatic carbocycles. The van der Waals surface area contributed by atoms with E-state index in [4.69, 9.17) is 21.1 Å². The van der Waals surface area contributed by atoms with Gasteiger partial charge in [0.2, 0.25) is 5.91 Å². The van der Waals surface area contributed by atoms with Crippen LogP contribution in [-0.2, 0) is 17.8 Å². The number of ether oxygens (including phenoxy) is 2. The Bertz CT molecular complexity index is 1400. The van der Waals surface area contributed by atoms with Gasteiger partial charge in [0.25, 0.3) is 0 Å². The van der Waals surface area contributed by atoms with Gasteiger partial charge in [-0.25, -0.2) is 4.98 Å². The Labute approximate surface area is 260 Å². The van der Waals surface area contributed by atoms with Gasteiger partial charge in [-0.3, -0.25) is 9.59 Å². The molecule has 0 radical (unpaired) electrons. The van der Waals surface area contributed by atoms with Gasteiger partial charge in [0.15, 0.2) is 17.3 Å². The van der Waals surface area contributed by atoms with Gasteiger partial charge in [-0.05, 0) is 81.3 Å². The summed E-state index contributed by atoms with van der Waals surface area (Å²) in [7, 11) is 0. The molecule has 43 heavy (non-hydrogen) atoms. The SMILES string of the molecule is Cc1cc(Cl)nc(C)c1C(=O)CCCC(C)N1CCC(N(Cc2ccccc2)C(=O)Cc2ccc3c(c2)OCCO3)CC1. The van der Waals surface area contributed by atoms with E-state index in [-0.39, 0.29) is 17.7 Å². The molecule has 228 valence electrons. The van der Waals surface area contributed by atoms with E-state index in [1.54, 1.807) is 6.07 Å². The molecule has 3 aromatic rings. The fourth-order valence-electron chi connectivity index (χ4n) is 6.39. The number of halogens is 1. The van der Waals surface area contributed by atoms with Crippen LogP contribution < -0.4 is 9.47 Å². The van der Waals surface area contributed by atoms with Crippen LogP contribution in [0.1, 0.15) is 71.8 Å². The highest BCUT2D eigenvalue weighted by Gasteiger charge is 2.30. The number of likely N-dealkylation sites (tertiary alicyclic amines) is 1. The third-order valence-electron chi connectivity index (χ3n) is 8.71. The largest absolute Gasteiger partial charge is 0.486 e. The first-order chi connectivity index (χ1) is 20.8. The Morgan fingerprint density at radius 2 is 1.72 bits per heavy atom. The van der Waals surface area contributed by atoms with Gasteiger partial charge >= 0.3 is 0 Å². The van der Waals surface area contributed by atoms with E-state index in [2.05, 4.69) is 33.8 Å². The van der Waals surface area contributed by atoms with Gasteiger partial charge in [-0.2, -0.15) is 0 Å². The summed E-state index contributed by atoms with van der Waals surface area (Å²) in [5.41, 5.74) is 4.37. The van der Waals surface area contributed by atoms with Crippen molar-refractivity contribution in [1.29, 1.82) is 0 Å². The summed E-state index contributed by atoms with van der Waals surface area (Å²) in [6, 6.07) is 18.4. The van der Waals surface area contributed by atoms with Crippen molar-refractivity contribution in [2.75, 3.05) is 26.3 Å². The predicted molar refractivity (Wildman–Crippen MR) is 169 cm³/mol. The lowest BCUT2D eigenvalue weighted by Crippen LogP contribution is -2.49. The quantitative estimate of drug-likeness (QED) is 0.182. The molecule has 0 saturated carbocycles. The van der Waals surface area contributed by atoms with E-state index in [0.717, 1.165) is 61.2 Å². The smallest absolute Gasteiger partial charge is 0.227 e. The molecule has 1 atom stereocenters. The first kappa shape index (κ1) is 31.0. The van der Waals surface area contributed by atoms with Crippen LogP contribution in [0.15, 0.2) is 54.6 Å². The number of pyridine rings is 1. The Kier molecular flexibility index (Phi) is 10.4. The van der Waals surface area contributed by atoms with Gasteiger partial charge in [0.05, 0.1) is 12.1 Å². The molecule has 7 nitrogen and oxygen atoms in total. The third kappa shape index (κ3) is 7.95. The lowest BCUT2D eigenvalue weighted by atomic mass is 9.96. The van der Waals surface area contributed by atoms with Crippen molar-refractivity contribution in [2.24, 2.45) is 0 Å². The molecule has 1 amide bonds. The number of carbonyl (C=O) groups is 2. The molecule has 0 N–H and O–H groups in total. The van der Waals surface area contributed by atoms with Crippen LogP contribution in [0.2, 0.25) is 5.15 Å². The number of fused-ring (bicyclic) bond motifs is 1. The Balaban J connectivity index is 1.16. The highest BCUT2D eigenvalue weighted by Crippen LogP contribution is 2.31. The Morgan fingerprint density at radius 3 is 2.44 bits per heavy atom. The maximum atomic E-state index is 13.8. The number of aryl methyl sites for hydroxylation is 2. The summed E-state index contributed by atoms with van der Waals surface area (Å²) in [6.45, 7) is 9.56. The van der Waals surface area contributed by atoms with E-state index in [1.807, 2.05) is 50.2 Å². The fourth-order valence-corrected chi connectivity index (χ4v) is 6.68.